The highest BCUT2D eigenvalue weighted by atomic mass is 16.1. The number of benzene rings is 1. The molecular formula is C23H25N5O. The molecule has 29 heavy (non-hydrogen) atoms. The SMILES string of the molecule is O=C(NC1CCN(Cc2ccccc2)CC1)c1ccnc(Nc2ccccn2)c1. The molecule has 0 atom stereocenters. The first kappa shape index (κ1) is 19.1. The van der Waals surface area contributed by atoms with Gasteiger partial charge in [0.05, 0.1) is 0 Å². The van der Waals surface area contributed by atoms with Gasteiger partial charge in [-0.05, 0) is 42.7 Å². The largest absolute Gasteiger partial charge is 0.349 e. The van der Waals surface area contributed by atoms with Crippen LogP contribution in [-0.2, 0) is 6.54 Å². The summed E-state index contributed by atoms with van der Waals surface area (Å²) in [5.41, 5.74) is 1.94. The maximum Gasteiger partial charge on any atom is 0.251 e. The van der Waals surface area contributed by atoms with Crippen molar-refractivity contribution in [3.8, 4) is 0 Å². The first-order valence-electron chi connectivity index (χ1n) is 9.97. The summed E-state index contributed by atoms with van der Waals surface area (Å²) in [6.07, 6.45) is 5.27. The standard InChI is InChI=1S/C23H25N5O/c29-23(19-9-13-25-22(16-19)27-21-8-4-5-12-24-21)26-20-10-14-28(15-11-20)17-18-6-2-1-3-7-18/h1-9,12-13,16,20H,10-11,14-15,17H2,(H,26,29)(H,24,25,27). The zero-order chi connectivity index (χ0) is 19.9. The monoisotopic (exact) mass is 387 g/mol. The molecule has 0 aliphatic carbocycles. The Labute approximate surface area is 171 Å². The van der Waals surface area contributed by atoms with Crippen LogP contribution in [-0.4, -0.2) is 39.9 Å². The third kappa shape index (κ3) is 5.39. The summed E-state index contributed by atoms with van der Waals surface area (Å²) in [7, 11) is 0. The molecule has 6 heteroatoms. The van der Waals surface area contributed by atoms with E-state index >= 15 is 0 Å². The molecule has 0 unspecified atom stereocenters. The van der Waals surface area contributed by atoms with E-state index in [-0.39, 0.29) is 11.9 Å². The summed E-state index contributed by atoms with van der Waals surface area (Å²) in [5.74, 6) is 1.25. The molecule has 1 saturated heterocycles. The van der Waals surface area contributed by atoms with Crippen molar-refractivity contribution >= 4 is 17.5 Å². The minimum Gasteiger partial charge on any atom is -0.349 e. The lowest BCUT2D eigenvalue weighted by Gasteiger charge is -2.32. The second kappa shape index (κ2) is 9.30. The van der Waals surface area contributed by atoms with Gasteiger partial charge in [-0.3, -0.25) is 9.69 Å². The van der Waals surface area contributed by atoms with Crippen molar-refractivity contribution in [1.29, 1.82) is 0 Å². The quantitative estimate of drug-likeness (QED) is 0.676. The number of carbonyl (C=O) groups excluding carboxylic acids is 1. The van der Waals surface area contributed by atoms with E-state index in [1.54, 1.807) is 24.5 Å². The maximum atomic E-state index is 12.7. The fraction of sp³-hybridized carbons (Fsp3) is 0.261. The van der Waals surface area contributed by atoms with Gasteiger partial charge < -0.3 is 10.6 Å². The van der Waals surface area contributed by atoms with Crippen LogP contribution in [0.2, 0.25) is 0 Å². The number of pyridine rings is 2. The van der Waals surface area contributed by atoms with Crippen molar-refractivity contribution in [2.24, 2.45) is 0 Å². The van der Waals surface area contributed by atoms with E-state index in [1.807, 2.05) is 24.3 Å². The Hall–Kier alpha value is -3.25. The molecule has 6 nitrogen and oxygen atoms in total. The summed E-state index contributed by atoms with van der Waals surface area (Å²) in [5, 5.41) is 6.30. The summed E-state index contributed by atoms with van der Waals surface area (Å²) in [6, 6.07) is 19.8. The molecule has 148 valence electrons. The number of carbonyl (C=O) groups is 1. The molecule has 0 saturated carbocycles. The Morgan fingerprint density at radius 3 is 2.45 bits per heavy atom. The van der Waals surface area contributed by atoms with Crippen molar-refractivity contribution in [2.75, 3.05) is 18.4 Å². The Balaban J connectivity index is 1.29. The van der Waals surface area contributed by atoms with Gasteiger partial charge >= 0.3 is 0 Å². The molecule has 1 fully saturated rings. The number of nitrogens with one attached hydrogen (secondary N) is 2. The number of aromatic nitrogens is 2. The van der Waals surface area contributed by atoms with E-state index in [9.17, 15) is 4.79 Å². The molecule has 0 bridgehead atoms. The summed E-state index contributed by atoms with van der Waals surface area (Å²) in [6.45, 7) is 2.94. The van der Waals surface area contributed by atoms with E-state index < -0.39 is 0 Å². The molecule has 1 aliphatic heterocycles. The molecule has 1 aromatic carbocycles. The minimum absolute atomic E-state index is 0.0574. The van der Waals surface area contributed by atoms with Gasteiger partial charge in [-0.2, -0.15) is 0 Å². The normalized spacial score (nSPS) is 15.0. The molecule has 0 radical (unpaired) electrons. The molecule has 4 rings (SSSR count). The fourth-order valence-electron chi connectivity index (χ4n) is 3.55. The topological polar surface area (TPSA) is 70.2 Å². The maximum absolute atomic E-state index is 12.7. The second-order valence-electron chi connectivity index (χ2n) is 7.28. The first-order valence-corrected chi connectivity index (χ1v) is 9.97. The van der Waals surface area contributed by atoms with Crippen molar-refractivity contribution in [1.82, 2.24) is 20.2 Å². The van der Waals surface area contributed by atoms with Crippen molar-refractivity contribution < 1.29 is 4.79 Å². The van der Waals surface area contributed by atoms with Gasteiger partial charge in [0.1, 0.15) is 11.6 Å². The molecule has 2 aromatic heterocycles. The number of amides is 1. The minimum atomic E-state index is -0.0574. The molecular weight excluding hydrogens is 362 g/mol. The molecule has 3 aromatic rings. The average Bonchev–Trinajstić information content (AvgIpc) is 2.77. The van der Waals surface area contributed by atoms with Crippen LogP contribution >= 0.6 is 0 Å². The van der Waals surface area contributed by atoms with E-state index in [1.165, 1.54) is 5.56 Å². The van der Waals surface area contributed by atoms with Gasteiger partial charge in [-0.25, -0.2) is 9.97 Å². The van der Waals surface area contributed by atoms with Gasteiger partial charge in [0.2, 0.25) is 0 Å². The van der Waals surface area contributed by atoms with Gasteiger partial charge in [0, 0.05) is 43.6 Å². The van der Waals surface area contributed by atoms with Gasteiger partial charge in [0.15, 0.2) is 0 Å². The number of likely N-dealkylation sites (tertiary alicyclic amines) is 1. The predicted octanol–water partition coefficient (Wildman–Crippen LogP) is 3.61. The Morgan fingerprint density at radius 2 is 1.69 bits per heavy atom. The van der Waals surface area contributed by atoms with Crippen LogP contribution in [0.15, 0.2) is 73.1 Å². The van der Waals surface area contributed by atoms with E-state index in [0.717, 1.165) is 32.5 Å². The Morgan fingerprint density at radius 1 is 0.931 bits per heavy atom. The third-order valence-corrected chi connectivity index (χ3v) is 5.11. The number of nitrogens with zero attached hydrogens (tertiary/aromatic N) is 3. The van der Waals surface area contributed by atoms with E-state index in [4.69, 9.17) is 0 Å². The zero-order valence-corrected chi connectivity index (χ0v) is 16.3. The van der Waals surface area contributed by atoms with Crippen LogP contribution in [0.4, 0.5) is 11.6 Å². The Kier molecular flexibility index (Phi) is 6.12. The summed E-state index contributed by atoms with van der Waals surface area (Å²) in [4.78, 5) is 23.6. The van der Waals surface area contributed by atoms with Crippen LogP contribution in [0.3, 0.4) is 0 Å². The number of hydrogen-bond acceptors (Lipinski definition) is 5. The number of anilines is 2. The van der Waals surface area contributed by atoms with Crippen LogP contribution in [0, 0.1) is 0 Å². The molecule has 1 amide bonds. The number of rotatable bonds is 6. The lowest BCUT2D eigenvalue weighted by molar-refractivity contribution is 0.0909. The van der Waals surface area contributed by atoms with Gasteiger partial charge in [0.25, 0.3) is 5.91 Å². The highest BCUT2D eigenvalue weighted by molar-refractivity contribution is 5.95. The smallest absolute Gasteiger partial charge is 0.251 e. The van der Waals surface area contributed by atoms with Crippen LogP contribution in [0.1, 0.15) is 28.8 Å². The summed E-state index contributed by atoms with van der Waals surface area (Å²) < 4.78 is 0. The van der Waals surface area contributed by atoms with Crippen molar-refractivity contribution in [3.05, 3.63) is 84.2 Å². The van der Waals surface area contributed by atoms with E-state index in [2.05, 4.69) is 49.8 Å². The van der Waals surface area contributed by atoms with E-state index in [0.29, 0.717) is 17.2 Å². The fourth-order valence-corrected chi connectivity index (χ4v) is 3.55. The van der Waals surface area contributed by atoms with Crippen molar-refractivity contribution in [3.63, 3.8) is 0 Å². The molecule has 0 spiro atoms. The Bertz CT molecular complexity index is 924. The first-order chi connectivity index (χ1) is 14.3. The lowest BCUT2D eigenvalue weighted by atomic mass is 10.0. The highest BCUT2D eigenvalue weighted by Crippen LogP contribution is 2.16. The van der Waals surface area contributed by atoms with Crippen LogP contribution in [0.25, 0.3) is 0 Å². The summed E-state index contributed by atoms with van der Waals surface area (Å²) >= 11 is 0. The molecule has 2 N–H and O–H groups in total. The second-order valence-corrected chi connectivity index (χ2v) is 7.28. The molecule has 3 heterocycles. The highest BCUT2D eigenvalue weighted by Gasteiger charge is 2.21. The average molecular weight is 387 g/mol. The van der Waals surface area contributed by atoms with Crippen LogP contribution < -0.4 is 10.6 Å². The van der Waals surface area contributed by atoms with Crippen LogP contribution in [0.5, 0.6) is 0 Å². The molecule has 1 aliphatic rings. The van der Waals surface area contributed by atoms with Gasteiger partial charge in [-0.15, -0.1) is 0 Å². The van der Waals surface area contributed by atoms with Crippen molar-refractivity contribution in [2.45, 2.75) is 25.4 Å². The van der Waals surface area contributed by atoms with Gasteiger partial charge in [-0.1, -0.05) is 36.4 Å². The number of piperidine rings is 1. The predicted molar refractivity (Wildman–Crippen MR) is 114 cm³/mol. The lowest BCUT2D eigenvalue weighted by Crippen LogP contribution is -2.44. The number of hydrogen-bond donors (Lipinski definition) is 2. The third-order valence-electron chi connectivity index (χ3n) is 5.11. The zero-order valence-electron chi connectivity index (χ0n) is 16.3.